The minimum Gasteiger partial charge on any atom is -0.317 e. The van der Waals surface area contributed by atoms with Gasteiger partial charge >= 0.3 is 0 Å². The van der Waals surface area contributed by atoms with Gasteiger partial charge in [-0.1, -0.05) is 49.1 Å². The lowest BCUT2D eigenvalue weighted by molar-refractivity contribution is -0.133. The summed E-state index contributed by atoms with van der Waals surface area (Å²) in [6, 6.07) is 15.6. The van der Waals surface area contributed by atoms with Gasteiger partial charge in [0.2, 0.25) is 0 Å². The number of aromatic nitrogens is 1. The summed E-state index contributed by atoms with van der Waals surface area (Å²) in [5.41, 5.74) is 0.339. The molecule has 0 atom stereocenters. The first-order valence-electron chi connectivity index (χ1n) is 7.18. The van der Waals surface area contributed by atoms with E-state index >= 15 is 0 Å². The third-order valence-corrected chi connectivity index (χ3v) is 4.30. The van der Waals surface area contributed by atoms with Crippen LogP contribution in [0.15, 0.2) is 61.2 Å². The molecule has 0 amide bonds. The Morgan fingerprint density at radius 3 is 1.68 bits per heavy atom. The van der Waals surface area contributed by atoms with Crippen LogP contribution in [0.25, 0.3) is 21.8 Å². The monoisotopic (exact) mass is 291 g/mol. The van der Waals surface area contributed by atoms with Crippen LogP contribution in [-0.2, 0) is 15.1 Å². The second-order valence-electron chi connectivity index (χ2n) is 5.45. The van der Waals surface area contributed by atoms with Crippen LogP contribution in [0.1, 0.15) is 13.8 Å². The first-order chi connectivity index (χ1) is 10.5. The van der Waals surface area contributed by atoms with Crippen molar-refractivity contribution in [2.75, 3.05) is 0 Å². The minimum atomic E-state index is -1.37. The highest BCUT2D eigenvalue weighted by Crippen LogP contribution is 2.35. The lowest BCUT2D eigenvalue weighted by atomic mass is 9.89. The molecule has 1 aromatic heterocycles. The molecule has 1 heterocycles. The van der Waals surface area contributed by atoms with E-state index in [1.165, 1.54) is 19.9 Å². The maximum atomic E-state index is 12.4. The SMILES string of the molecule is C=CC(C(C)=O)(C(C)=O)n1c2ccccc2c2ccccc21. The maximum Gasteiger partial charge on any atom is 0.180 e. The molecule has 22 heavy (non-hydrogen) atoms. The van der Waals surface area contributed by atoms with Gasteiger partial charge in [0, 0.05) is 10.8 Å². The molecule has 0 aliphatic carbocycles. The van der Waals surface area contributed by atoms with E-state index in [9.17, 15) is 9.59 Å². The van der Waals surface area contributed by atoms with Crippen molar-refractivity contribution < 1.29 is 9.59 Å². The molecular weight excluding hydrogens is 274 g/mol. The van der Waals surface area contributed by atoms with Crippen molar-refractivity contribution in [2.45, 2.75) is 19.4 Å². The maximum absolute atomic E-state index is 12.4. The van der Waals surface area contributed by atoms with Crippen molar-refractivity contribution in [3.8, 4) is 0 Å². The average Bonchev–Trinajstić information content (AvgIpc) is 2.84. The first-order valence-corrected chi connectivity index (χ1v) is 7.18. The van der Waals surface area contributed by atoms with Crippen LogP contribution in [0.3, 0.4) is 0 Å². The van der Waals surface area contributed by atoms with E-state index in [-0.39, 0.29) is 11.6 Å². The Hall–Kier alpha value is -2.68. The quantitative estimate of drug-likeness (QED) is 0.541. The van der Waals surface area contributed by atoms with Gasteiger partial charge in [0.25, 0.3) is 0 Å². The van der Waals surface area contributed by atoms with Gasteiger partial charge in [0.1, 0.15) is 0 Å². The van der Waals surface area contributed by atoms with E-state index in [1.54, 1.807) is 0 Å². The summed E-state index contributed by atoms with van der Waals surface area (Å²) in [4.78, 5) is 24.8. The zero-order valence-electron chi connectivity index (χ0n) is 12.7. The number of rotatable bonds is 4. The molecule has 3 aromatic rings. The molecule has 110 valence electrons. The number of allylic oxidation sites excluding steroid dienone is 1. The van der Waals surface area contributed by atoms with E-state index in [0.29, 0.717) is 0 Å². The summed E-state index contributed by atoms with van der Waals surface area (Å²) in [6.45, 7) is 6.66. The van der Waals surface area contributed by atoms with Gasteiger partial charge in [-0.2, -0.15) is 0 Å². The van der Waals surface area contributed by atoms with Crippen LogP contribution in [-0.4, -0.2) is 16.1 Å². The molecule has 3 nitrogen and oxygen atoms in total. The zero-order valence-corrected chi connectivity index (χ0v) is 12.7. The van der Waals surface area contributed by atoms with Gasteiger partial charge in [-0.15, -0.1) is 0 Å². The van der Waals surface area contributed by atoms with Crippen LogP contribution >= 0.6 is 0 Å². The number of ketones is 2. The normalized spacial score (nSPS) is 11.7. The Kier molecular flexibility index (Phi) is 3.21. The molecule has 0 radical (unpaired) electrons. The molecule has 0 aliphatic rings. The van der Waals surface area contributed by atoms with Crippen molar-refractivity contribution in [1.82, 2.24) is 4.57 Å². The topological polar surface area (TPSA) is 39.1 Å². The second kappa shape index (κ2) is 4.95. The zero-order chi connectivity index (χ0) is 15.9. The van der Waals surface area contributed by atoms with Crippen LogP contribution in [0.2, 0.25) is 0 Å². The van der Waals surface area contributed by atoms with Gasteiger partial charge in [0.15, 0.2) is 17.1 Å². The average molecular weight is 291 g/mol. The fourth-order valence-corrected chi connectivity index (χ4v) is 3.24. The summed E-state index contributed by atoms with van der Waals surface area (Å²) >= 11 is 0. The predicted octanol–water partition coefficient (Wildman–Crippen LogP) is 3.85. The van der Waals surface area contributed by atoms with Gasteiger partial charge in [-0.25, -0.2) is 0 Å². The summed E-state index contributed by atoms with van der Waals surface area (Å²) in [7, 11) is 0. The third kappa shape index (κ3) is 1.69. The van der Waals surface area contributed by atoms with Crippen LogP contribution < -0.4 is 0 Å². The van der Waals surface area contributed by atoms with Gasteiger partial charge in [0.05, 0.1) is 11.0 Å². The first kappa shape index (κ1) is 14.3. The number of nitrogens with zero attached hydrogens (tertiary/aromatic N) is 1. The number of hydrogen-bond donors (Lipinski definition) is 0. The Morgan fingerprint density at radius 2 is 1.32 bits per heavy atom. The minimum absolute atomic E-state index is 0.235. The van der Waals surface area contributed by atoms with E-state index in [0.717, 1.165) is 21.8 Å². The number of carbonyl (C=O) groups is 2. The smallest absolute Gasteiger partial charge is 0.180 e. The molecule has 0 N–H and O–H groups in total. The fraction of sp³-hybridized carbons (Fsp3) is 0.158. The van der Waals surface area contributed by atoms with Crippen LogP contribution in [0.5, 0.6) is 0 Å². The van der Waals surface area contributed by atoms with Gasteiger partial charge in [-0.3, -0.25) is 9.59 Å². The standard InChI is InChI=1S/C19H17NO2/c1-4-19(13(2)21,14(3)22)20-17-11-7-5-9-15(17)16-10-6-8-12-18(16)20/h4-12H,1H2,2-3H3. The summed E-state index contributed by atoms with van der Waals surface area (Å²) < 4.78 is 1.81. The molecular formula is C19H17NO2. The van der Waals surface area contributed by atoms with E-state index in [4.69, 9.17) is 0 Å². The van der Waals surface area contributed by atoms with E-state index in [1.807, 2.05) is 53.1 Å². The number of Topliss-reactive ketones (excluding diaryl/α,β-unsaturated/α-hetero) is 2. The Labute approximate surface area is 128 Å². The van der Waals surface area contributed by atoms with Crippen molar-refractivity contribution in [3.05, 3.63) is 61.2 Å². The lowest BCUT2D eigenvalue weighted by Crippen LogP contribution is -2.44. The molecule has 0 spiro atoms. The number of benzene rings is 2. The van der Waals surface area contributed by atoms with Crippen molar-refractivity contribution in [3.63, 3.8) is 0 Å². The summed E-state index contributed by atoms with van der Waals surface area (Å²) in [6.07, 6.45) is 1.45. The fourth-order valence-electron chi connectivity index (χ4n) is 3.24. The number of para-hydroxylation sites is 2. The van der Waals surface area contributed by atoms with Gasteiger partial charge in [-0.05, 0) is 26.0 Å². The van der Waals surface area contributed by atoms with E-state index in [2.05, 4.69) is 6.58 Å². The highest BCUT2D eigenvalue weighted by molar-refractivity contribution is 6.15. The van der Waals surface area contributed by atoms with Crippen LogP contribution in [0.4, 0.5) is 0 Å². The summed E-state index contributed by atoms with van der Waals surface area (Å²) in [5.74, 6) is -0.469. The molecule has 3 heteroatoms. The molecule has 0 fully saturated rings. The van der Waals surface area contributed by atoms with Gasteiger partial charge < -0.3 is 4.57 Å². The van der Waals surface area contributed by atoms with Crippen LogP contribution in [0, 0.1) is 0 Å². The molecule has 0 saturated carbocycles. The molecule has 2 aromatic carbocycles. The second-order valence-corrected chi connectivity index (χ2v) is 5.45. The number of fused-ring (bicyclic) bond motifs is 3. The van der Waals surface area contributed by atoms with Crippen molar-refractivity contribution in [1.29, 1.82) is 0 Å². The van der Waals surface area contributed by atoms with Crippen molar-refractivity contribution >= 4 is 33.4 Å². The lowest BCUT2D eigenvalue weighted by Gasteiger charge is -2.29. The van der Waals surface area contributed by atoms with Crippen molar-refractivity contribution in [2.24, 2.45) is 0 Å². The predicted molar refractivity (Wildman–Crippen MR) is 89.0 cm³/mol. The Bertz CT molecular complexity index is 850. The highest BCUT2D eigenvalue weighted by Gasteiger charge is 2.41. The molecule has 0 aliphatic heterocycles. The largest absolute Gasteiger partial charge is 0.317 e. The molecule has 0 unspecified atom stereocenters. The number of carbonyl (C=O) groups excluding carboxylic acids is 2. The van der Waals surface area contributed by atoms with E-state index < -0.39 is 5.54 Å². The molecule has 0 saturated heterocycles. The molecule has 0 bridgehead atoms. The summed E-state index contributed by atoms with van der Waals surface area (Å²) in [5, 5.41) is 2.04. The molecule has 3 rings (SSSR count). The third-order valence-electron chi connectivity index (χ3n) is 4.30. The highest BCUT2D eigenvalue weighted by atomic mass is 16.2. The number of hydrogen-bond acceptors (Lipinski definition) is 2. The Balaban J connectivity index is 2.60. The Morgan fingerprint density at radius 1 is 0.909 bits per heavy atom.